The number of hydrogen-bond donors (Lipinski definition) is 1. The summed E-state index contributed by atoms with van der Waals surface area (Å²) in [6.45, 7) is 9.33. The summed E-state index contributed by atoms with van der Waals surface area (Å²) in [5.74, 6) is 0. The Morgan fingerprint density at radius 3 is 2.33 bits per heavy atom. The molecule has 1 saturated heterocycles. The number of carbonyl (C=O) groups is 1. The maximum Gasteiger partial charge on any atom is 0.410 e. The molecule has 15 heavy (non-hydrogen) atoms. The third kappa shape index (κ3) is 3.38. The third-order valence-electron chi connectivity index (χ3n) is 3.20. The van der Waals surface area contributed by atoms with Crippen molar-refractivity contribution in [2.75, 3.05) is 26.2 Å². The van der Waals surface area contributed by atoms with E-state index in [1.54, 1.807) is 4.90 Å². The number of ether oxygens (including phenoxy) is 1. The van der Waals surface area contributed by atoms with E-state index in [4.69, 9.17) is 4.74 Å². The molecule has 1 aliphatic rings. The molecule has 4 nitrogen and oxygen atoms in total. The SMILES string of the molecule is CCC(C)(CC)OC(=O)N1CCNCC1. The van der Waals surface area contributed by atoms with E-state index in [0.717, 1.165) is 39.0 Å². The van der Waals surface area contributed by atoms with Crippen molar-refractivity contribution in [1.29, 1.82) is 0 Å². The lowest BCUT2D eigenvalue weighted by Gasteiger charge is -2.33. The Hall–Kier alpha value is -0.770. The van der Waals surface area contributed by atoms with Crippen LogP contribution in [0, 0.1) is 0 Å². The quantitative estimate of drug-likeness (QED) is 0.776. The van der Waals surface area contributed by atoms with Crippen molar-refractivity contribution >= 4 is 6.09 Å². The summed E-state index contributed by atoms with van der Waals surface area (Å²) in [4.78, 5) is 13.6. The average Bonchev–Trinajstić information content (AvgIpc) is 2.30. The van der Waals surface area contributed by atoms with E-state index in [-0.39, 0.29) is 11.7 Å². The molecule has 0 radical (unpaired) electrons. The van der Waals surface area contributed by atoms with Crippen molar-refractivity contribution in [2.24, 2.45) is 0 Å². The van der Waals surface area contributed by atoms with Crippen LogP contribution in [-0.2, 0) is 4.74 Å². The zero-order valence-electron chi connectivity index (χ0n) is 10.0. The van der Waals surface area contributed by atoms with Gasteiger partial charge < -0.3 is 15.0 Å². The first kappa shape index (κ1) is 12.3. The minimum absolute atomic E-state index is 0.164. The van der Waals surface area contributed by atoms with E-state index in [9.17, 15) is 4.79 Å². The lowest BCUT2D eigenvalue weighted by atomic mass is 10.0. The molecule has 0 aromatic rings. The van der Waals surface area contributed by atoms with Crippen molar-refractivity contribution in [3.8, 4) is 0 Å². The highest BCUT2D eigenvalue weighted by Crippen LogP contribution is 2.20. The highest BCUT2D eigenvalue weighted by atomic mass is 16.6. The largest absolute Gasteiger partial charge is 0.443 e. The monoisotopic (exact) mass is 214 g/mol. The fourth-order valence-electron chi connectivity index (χ4n) is 1.52. The van der Waals surface area contributed by atoms with E-state index in [2.05, 4.69) is 19.2 Å². The van der Waals surface area contributed by atoms with E-state index in [1.807, 2.05) is 6.92 Å². The molecule has 88 valence electrons. The average molecular weight is 214 g/mol. The fourth-order valence-corrected chi connectivity index (χ4v) is 1.52. The summed E-state index contributed by atoms with van der Waals surface area (Å²) >= 11 is 0. The maximum absolute atomic E-state index is 11.8. The van der Waals surface area contributed by atoms with Crippen LogP contribution in [0.4, 0.5) is 4.79 Å². The maximum atomic E-state index is 11.8. The zero-order chi connectivity index (χ0) is 11.3. The molecule has 1 fully saturated rings. The lowest BCUT2D eigenvalue weighted by molar-refractivity contribution is -0.00455. The van der Waals surface area contributed by atoms with Gasteiger partial charge in [-0.1, -0.05) is 13.8 Å². The Morgan fingerprint density at radius 2 is 1.87 bits per heavy atom. The number of hydrogen-bond acceptors (Lipinski definition) is 3. The first-order valence-corrected chi connectivity index (χ1v) is 5.80. The molecule has 0 spiro atoms. The van der Waals surface area contributed by atoms with Crippen molar-refractivity contribution in [3.63, 3.8) is 0 Å². The van der Waals surface area contributed by atoms with Crippen molar-refractivity contribution in [2.45, 2.75) is 39.2 Å². The topological polar surface area (TPSA) is 41.6 Å². The first-order valence-electron chi connectivity index (χ1n) is 5.80. The van der Waals surface area contributed by atoms with Crippen molar-refractivity contribution in [1.82, 2.24) is 10.2 Å². The van der Waals surface area contributed by atoms with Gasteiger partial charge in [0.25, 0.3) is 0 Å². The summed E-state index contributed by atoms with van der Waals surface area (Å²) in [6.07, 6.45) is 1.56. The summed E-state index contributed by atoms with van der Waals surface area (Å²) in [6, 6.07) is 0. The number of carbonyl (C=O) groups excluding carboxylic acids is 1. The summed E-state index contributed by atoms with van der Waals surface area (Å²) in [5.41, 5.74) is -0.304. The van der Waals surface area contributed by atoms with Gasteiger partial charge in [-0.3, -0.25) is 0 Å². The van der Waals surface area contributed by atoms with E-state index in [0.29, 0.717) is 0 Å². The molecular formula is C11H22N2O2. The van der Waals surface area contributed by atoms with Gasteiger partial charge >= 0.3 is 6.09 Å². The number of amides is 1. The zero-order valence-corrected chi connectivity index (χ0v) is 10.0. The van der Waals surface area contributed by atoms with Crippen LogP contribution in [0.25, 0.3) is 0 Å². The van der Waals surface area contributed by atoms with Crippen molar-refractivity contribution < 1.29 is 9.53 Å². The Bertz CT molecular complexity index is 209. The number of rotatable bonds is 3. The Kier molecular flexibility index (Phi) is 4.39. The van der Waals surface area contributed by atoms with Crippen LogP contribution in [0.1, 0.15) is 33.6 Å². The molecule has 0 bridgehead atoms. The summed E-state index contributed by atoms with van der Waals surface area (Å²) in [5, 5.41) is 3.21. The fraction of sp³-hybridized carbons (Fsp3) is 0.909. The van der Waals surface area contributed by atoms with Crippen LogP contribution in [0.15, 0.2) is 0 Å². The molecule has 0 aliphatic carbocycles. The predicted molar refractivity (Wildman–Crippen MR) is 59.9 cm³/mol. The van der Waals surface area contributed by atoms with Gasteiger partial charge in [0.2, 0.25) is 0 Å². The number of nitrogens with zero attached hydrogens (tertiary/aromatic N) is 1. The molecule has 0 aromatic carbocycles. The van der Waals surface area contributed by atoms with E-state index in [1.165, 1.54) is 0 Å². The second kappa shape index (κ2) is 5.35. The van der Waals surface area contributed by atoms with Gasteiger partial charge in [0.1, 0.15) is 5.60 Å². The minimum atomic E-state index is -0.304. The Balaban J connectivity index is 2.46. The third-order valence-corrected chi connectivity index (χ3v) is 3.20. The van der Waals surface area contributed by atoms with Gasteiger partial charge in [-0.05, 0) is 19.8 Å². The lowest BCUT2D eigenvalue weighted by Crippen LogP contribution is -2.48. The molecule has 0 atom stereocenters. The first-order chi connectivity index (χ1) is 7.11. The number of piperazine rings is 1. The molecule has 4 heteroatoms. The van der Waals surface area contributed by atoms with Gasteiger partial charge in [0.15, 0.2) is 0 Å². The van der Waals surface area contributed by atoms with Crippen LogP contribution in [0.5, 0.6) is 0 Å². The molecule has 1 amide bonds. The van der Waals surface area contributed by atoms with Crippen molar-refractivity contribution in [3.05, 3.63) is 0 Å². The van der Waals surface area contributed by atoms with Crippen LogP contribution < -0.4 is 5.32 Å². The Morgan fingerprint density at radius 1 is 1.33 bits per heavy atom. The van der Waals surface area contributed by atoms with Crippen LogP contribution in [0.3, 0.4) is 0 Å². The molecule has 1 rings (SSSR count). The smallest absolute Gasteiger partial charge is 0.410 e. The number of nitrogens with one attached hydrogen (secondary N) is 1. The minimum Gasteiger partial charge on any atom is -0.443 e. The van der Waals surface area contributed by atoms with Crippen LogP contribution in [0.2, 0.25) is 0 Å². The van der Waals surface area contributed by atoms with Gasteiger partial charge in [-0.15, -0.1) is 0 Å². The second-order valence-corrected chi connectivity index (χ2v) is 4.26. The Labute approximate surface area is 92.0 Å². The van der Waals surface area contributed by atoms with Gasteiger partial charge in [-0.2, -0.15) is 0 Å². The normalized spacial score (nSPS) is 17.7. The van der Waals surface area contributed by atoms with Crippen LogP contribution in [-0.4, -0.2) is 42.8 Å². The highest BCUT2D eigenvalue weighted by molar-refractivity contribution is 5.68. The van der Waals surface area contributed by atoms with Gasteiger partial charge in [0, 0.05) is 26.2 Å². The van der Waals surface area contributed by atoms with E-state index >= 15 is 0 Å². The van der Waals surface area contributed by atoms with Gasteiger partial charge in [0.05, 0.1) is 0 Å². The molecule has 0 aromatic heterocycles. The summed E-state index contributed by atoms with van der Waals surface area (Å²) in [7, 11) is 0. The molecule has 0 saturated carbocycles. The summed E-state index contributed by atoms with van der Waals surface area (Å²) < 4.78 is 5.54. The second-order valence-electron chi connectivity index (χ2n) is 4.26. The predicted octanol–water partition coefficient (Wildman–Crippen LogP) is 1.61. The molecule has 1 aliphatic heterocycles. The van der Waals surface area contributed by atoms with Gasteiger partial charge in [-0.25, -0.2) is 4.79 Å². The molecular weight excluding hydrogens is 192 g/mol. The standard InChI is InChI=1S/C11H22N2O2/c1-4-11(3,5-2)15-10(14)13-8-6-12-7-9-13/h12H,4-9H2,1-3H3. The van der Waals surface area contributed by atoms with E-state index < -0.39 is 0 Å². The molecule has 0 unspecified atom stereocenters. The highest BCUT2D eigenvalue weighted by Gasteiger charge is 2.27. The molecule has 1 heterocycles. The molecule has 1 N–H and O–H groups in total. The van der Waals surface area contributed by atoms with Crippen LogP contribution >= 0.6 is 0 Å².